The van der Waals surface area contributed by atoms with Crippen molar-refractivity contribution in [2.75, 3.05) is 5.33 Å². The minimum Gasteiger partial charge on any atom is -0.478 e. The van der Waals surface area contributed by atoms with Crippen molar-refractivity contribution in [1.29, 1.82) is 0 Å². The predicted octanol–water partition coefficient (Wildman–Crippen LogP) is 2.52. The van der Waals surface area contributed by atoms with Crippen LogP contribution in [0.3, 0.4) is 0 Å². The van der Waals surface area contributed by atoms with Crippen molar-refractivity contribution in [3.8, 4) is 0 Å². The van der Waals surface area contributed by atoms with Gasteiger partial charge in [0.1, 0.15) is 0 Å². The van der Waals surface area contributed by atoms with E-state index in [9.17, 15) is 4.79 Å². The lowest BCUT2D eigenvalue weighted by molar-refractivity contribution is -0.132. The maximum atomic E-state index is 10.7. The summed E-state index contributed by atoms with van der Waals surface area (Å²) in [4.78, 5) is 10.7. The molecule has 1 N–H and O–H groups in total. The molecule has 2 nitrogen and oxygen atoms in total. The molecule has 0 radical (unpaired) electrons. The number of carboxylic acids is 1. The van der Waals surface area contributed by atoms with E-state index in [-0.39, 0.29) is 5.92 Å². The highest BCUT2D eigenvalue weighted by atomic mass is 79.9. The quantitative estimate of drug-likeness (QED) is 0.756. The van der Waals surface area contributed by atoms with Crippen molar-refractivity contribution in [3.63, 3.8) is 0 Å². The van der Waals surface area contributed by atoms with Gasteiger partial charge in [-0.1, -0.05) is 41.1 Å². The van der Waals surface area contributed by atoms with Gasteiger partial charge in [0.05, 0.1) is 5.57 Å². The van der Waals surface area contributed by atoms with Crippen LogP contribution in [0.1, 0.15) is 6.92 Å². The molecule has 0 saturated carbocycles. The van der Waals surface area contributed by atoms with Gasteiger partial charge in [0.25, 0.3) is 0 Å². The average molecular weight is 243 g/mol. The third-order valence-electron chi connectivity index (χ3n) is 1.80. The molecule has 0 aromatic heterocycles. The Labute approximate surface area is 85.8 Å². The van der Waals surface area contributed by atoms with Crippen LogP contribution >= 0.6 is 15.9 Å². The highest BCUT2D eigenvalue weighted by Gasteiger charge is 2.08. The Bertz CT molecular complexity index is 300. The summed E-state index contributed by atoms with van der Waals surface area (Å²) in [6, 6.07) is 0. The van der Waals surface area contributed by atoms with Crippen LogP contribution in [0, 0.1) is 5.92 Å². The van der Waals surface area contributed by atoms with Crippen molar-refractivity contribution in [3.05, 3.63) is 35.5 Å². The van der Waals surface area contributed by atoms with Gasteiger partial charge in [0, 0.05) is 5.33 Å². The van der Waals surface area contributed by atoms with Crippen LogP contribution in [0.25, 0.3) is 0 Å². The van der Waals surface area contributed by atoms with Crippen LogP contribution in [0.2, 0.25) is 0 Å². The monoisotopic (exact) mass is 242 g/mol. The normalized spacial score (nSPS) is 21.8. The summed E-state index contributed by atoms with van der Waals surface area (Å²) in [6.45, 7) is 1.97. The topological polar surface area (TPSA) is 37.3 Å². The van der Waals surface area contributed by atoms with E-state index in [1.165, 1.54) is 0 Å². The van der Waals surface area contributed by atoms with Crippen LogP contribution in [0.5, 0.6) is 0 Å². The second-order valence-electron chi connectivity index (χ2n) is 2.99. The molecule has 1 aliphatic carbocycles. The Morgan fingerprint density at radius 1 is 1.54 bits per heavy atom. The smallest absolute Gasteiger partial charge is 0.335 e. The number of rotatable bonds is 2. The third-order valence-corrected chi connectivity index (χ3v) is 2.45. The maximum absolute atomic E-state index is 10.7. The molecule has 0 fully saturated rings. The molecule has 3 heteroatoms. The number of halogens is 1. The van der Waals surface area contributed by atoms with E-state index >= 15 is 0 Å². The van der Waals surface area contributed by atoms with Crippen molar-refractivity contribution in [2.45, 2.75) is 6.92 Å². The van der Waals surface area contributed by atoms with Gasteiger partial charge in [-0.25, -0.2) is 4.79 Å². The molecule has 1 unspecified atom stereocenters. The molecule has 1 rings (SSSR count). The molecule has 0 aliphatic heterocycles. The SMILES string of the molecule is CC1C=C(CBr)C=CC(C(=O)O)=C1. The predicted molar refractivity (Wildman–Crippen MR) is 55.9 cm³/mol. The molecule has 0 heterocycles. The third kappa shape index (κ3) is 2.84. The van der Waals surface area contributed by atoms with Crippen molar-refractivity contribution in [1.82, 2.24) is 0 Å². The summed E-state index contributed by atoms with van der Waals surface area (Å²) in [5.41, 5.74) is 1.47. The van der Waals surface area contributed by atoms with Gasteiger partial charge >= 0.3 is 5.97 Å². The molecule has 0 aromatic rings. The first kappa shape index (κ1) is 10.3. The summed E-state index contributed by atoms with van der Waals surface area (Å²) < 4.78 is 0. The van der Waals surface area contributed by atoms with E-state index in [1.54, 1.807) is 12.2 Å². The molecule has 0 aromatic carbocycles. The van der Waals surface area contributed by atoms with Gasteiger partial charge in [0.2, 0.25) is 0 Å². The summed E-state index contributed by atoms with van der Waals surface area (Å²) in [5.74, 6) is -0.694. The Kier molecular flexibility index (Phi) is 3.48. The lowest BCUT2D eigenvalue weighted by Gasteiger charge is -1.98. The molecule has 0 spiro atoms. The Balaban J connectivity index is 2.92. The van der Waals surface area contributed by atoms with Gasteiger partial charge in [0.15, 0.2) is 0 Å². The number of hydrogen-bond acceptors (Lipinski definition) is 1. The van der Waals surface area contributed by atoms with Crippen LogP contribution in [-0.2, 0) is 4.79 Å². The van der Waals surface area contributed by atoms with Crippen LogP contribution < -0.4 is 0 Å². The standard InChI is InChI=1S/C10H11BrO2/c1-7-4-8(6-11)2-3-9(5-7)10(12)13/h2-5,7H,6H2,1H3,(H,12,13). The molecule has 70 valence electrons. The van der Waals surface area contributed by atoms with E-state index in [2.05, 4.69) is 15.9 Å². The Morgan fingerprint density at radius 2 is 2.23 bits per heavy atom. The lowest BCUT2D eigenvalue weighted by Crippen LogP contribution is -1.98. The highest BCUT2D eigenvalue weighted by molar-refractivity contribution is 9.09. The first-order valence-corrected chi connectivity index (χ1v) is 5.15. The fraction of sp³-hybridized carbons (Fsp3) is 0.300. The first-order chi connectivity index (χ1) is 6.13. The van der Waals surface area contributed by atoms with Crippen molar-refractivity contribution in [2.24, 2.45) is 5.92 Å². The summed E-state index contributed by atoms with van der Waals surface area (Å²) >= 11 is 3.34. The van der Waals surface area contributed by atoms with Crippen LogP contribution in [-0.4, -0.2) is 16.4 Å². The van der Waals surface area contributed by atoms with E-state index < -0.39 is 5.97 Å². The number of allylic oxidation sites excluding steroid dienone is 4. The average Bonchev–Trinajstić information content (AvgIpc) is 2.26. The molecular weight excluding hydrogens is 232 g/mol. The first-order valence-electron chi connectivity index (χ1n) is 4.03. The zero-order valence-corrected chi connectivity index (χ0v) is 8.91. The molecule has 1 aliphatic rings. The summed E-state index contributed by atoms with van der Waals surface area (Å²) in [7, 11) is 0. The molecule has 0 saturated heterocycles. The van der Waals surface area contributed by atoms with Gasteiger partial charge in [-0.3, -0.25) is 0 Å². The van der Waals surface area contributed by atoms with Crippen LogP contribution in [0.15, 0.2) is 35.5 Å². The fourth-order valence-corrected chi connectivity index (χ4v) is 1.58. The largest absolute Gasteiger partial charge is 0.478 e. The maximum Gasteiger partial charge on any atom is 0.335 e. The Morgan fingerprint density at radius 3 is 2.77 bits per heavy atom. The van der Waals surface area contributed by atoms with Crippen LogP contribution in [0.4, 0.5) is 0 Å². The van der Waals surface area contributed by atoms with Crippen molar-refractivity contribution < 1.29 is 9.90 Å². The van der Waals surface area contributed by atoms with Gasteiger partial charge in [-0.05, 0) is 17.6 Å². The van der Waals surface area contributed by atoms with E-state index in [0.717, 1.165) is 10.9 Å². The van der Waals surface area contributed by atoms with E-state index in [4.69, 9.17) is 5.11 Å². The van der Waals surface area contributed by atoms with E-state index in [0.29, 0.717) is 5.57 Å². The minimum absolute atomic E-state index is 0.175. The number of carbonyl (C=O) groups is 1. The molecule has 0 bridgehead atoms. The second kappa shape index (κ2) is 4.42. The molecule has 0 amide bonds. The number of hydrogen-bond donors (Lipinski definition) is 1. The molecular formula is C10H11BrO2. The zero-order chi connectivity index (χ0) is 9.84. The van der Waals surface area contributed by atoms with E-state index in [1.807, 2.05) is 19.1 Å². The van der Waals surface area contributed by atoms with Crippen molar-refractivity contribution >= 4 is 21.9 Å². The Hall–Kier alpha value is -0.830. The fourth-order valence-electron chi connectivity index (χ4n) is 1.21. The van der Waals surface area contributed by atoms with Gasteiger partial charge < -0.3 is 5.11 Å². The molecule has 1 atom stereocenters. The number of carboxylic acid groups (broad SMARTS) is 1. The second-order valence-corrected chi connectivity index (χ2v) is 3.56. The summed E-state index contributed by atoms with van der Waals surface area (Å²) in [6.07, 6.45) is 7.26. The number of alkyl halides is 1. The zero-order valence-electron chi connectivity index (χ0n) is 7.33. The molecule has 13 heavy (non-hydrogen) atoms. The van der Waals surface area contributed by atoms with Gasteiger partial charge in [-0.15, -0.1) is 0 Å². The van der Waals surface area contributed by atoms with Gasteiger partial charge in [-0.2, -0.15) is 0 Å². The highest BCUT2D eigenvalue weighted by Crippen LogP contribution is 2.16. The number of aliphatic carboxylic acids is 1. The lowest BCUT2D eigenvalue weighted by atomic mass is 10.1. The summed E-state index contributed by atoms with van der Waals surface area (Å²) in [5, 5.41) is 9.54. The minimum atomic E-state index is -0.868.